The summed E-state index contributed by atoms with van der Waals surface area (Å²) in [6.07, 6.45) is 0. The van der Waals surface area contributed by atoms with Gasteiger partial charge in [0.25, 0.3) is 0 Å². The van der Waals surface area contributed by atoms with E-state index in [9.17, 15) is 4.79 Å². The zero-order valence-electron chi connectivity index (χ0n) is 9.42. The molecule has 0 amide bonds. The first-order valence-electron chi connectivity index (χ1n) is 5.26. The average Bonchev–Trinajstić information content (AvgIpc) is 2.32. The van der Waals surface area contributed by atoms with Crippen LogP contribution in [-0.4, -0.2) is 26.9 Å². The third kappa shape index (κ3) is 3.59. The molecule has 0 aromatic heterocycles. The summed E-state index contributed by atoms with van der Waals surface area (Å²) in [5.74, 6) is 0.434. The fourth-order valence-corrected chi connectivity index (χ4v) is 3.97. The van der Waals surface area contributed by atoms with E-state index in [0.717, 1.165) is 3.61 Å². The Morgan fingerprint density at radius 1 is 1.00 bits per heavy atom. The van der Waals surface area contributed by atoms with Gasteiger partial charge < -0.3 is 0 Å². The van der Waals surface area contributed by atoms with Crippen molar-refractivity contribution in [1.29, 1.82) is 0 Å². The predicted octanol–water partition coefficient (Wildman–Crippen LogP) is 1.27. The van der Waals surface area contributed by atoms with Gasteiger partial charge in [-0.15, -0.1) is 0 Å². The first-order valence-corrected chi connectivity index (χ1v) is 7.59. The van der Waals surface area contributed by atoms with E-state index in [-0.39, 0.29) is 5.97 Å². The standard InChI is InChI=1S/C14H12O2Te/c1-11(15)16-13-9-5-6-10-14(13)17-12-7-3-2-4-8-12/h2-10H,1H3. The Hall–Kier alpha value is -1.30. The van der Waals surface area contributed by atoms with Gasteiger partial charge in [0.2, 0.25) is 0 Å². The predicted molar refractivity (Wildman–Crippen MR) is 69.2 cm³/mol. The van der Waals surface area contributed by atoms with Crippen molar-refractivity contribution < 1.29 is 9.53 Å². The molecule has 0 atom stereocenters. The molecule has 86 valence electrons. The Morgan fingerprint density at radius 2 is 1.65 bits per heavy atom. The topological polar surface area (TPSA) is 26.3 Å². The molecule has 2 aromatic rings. The second-order valence-electron chi connectivity index (χ2n) is 3.46. The zero-order chi connectivity index (χ0) is 12.1. The quantitative estimate of drug-likeness (QED) is 0.478. The number of ether oxygens (including phenoxy) is 1. The third-order valence-corrected chi connectivity index (χ3v) is 5.11. The molecule has 17 heavy (non-hydrogen) atoms. The number of rotatable bonds is 3. The molecular weight excluding hydrogens is 328 g/mol. The molecule has 0 heterocycles. The van der Waals surface area contributed by atoms with Gasteiger partial charge in [0, 0.05) is 0 Å². The number of esters is 1. The fraction of sp³-hybridized carbons (Fsp3) is 0.0714. The Kier molecular flexibility index (Phi) is 4.19. The summed E-state index contributed by atoms with van der Waals surface area (Å²) in [7, 11) is 0. The van der Waals surface area contributed by atoms with Crippen LogP contribution in [0.15, 0.2) is 54.6 Å². The van der Waals surface area contributed by atoms with Crippen LogP contribution in [0.25, 0.3) is 0 Å². The van der Waals surface area contributed by atoms with Crippen molar-refractivity contribution >= 4 is 34.1 Å². The SMILES string of the molecule is CC(=O)Oc1ccccc1[Te]c1ccccc1. The van der Waals surface area contributed by atoms with Crippen molar-refractivity contribution in [2.45, 2.75) is 6.92 Å². The second-order valence-corrected chi connectivity index (χ2v) is 6.64. The Labute approximate surface area is 111 Å². The van der Waals surface area contributed by atoms with Crippen molar-refractivity contribution in [1.82, 2.24) is 0 Å². The van der Waals surface area contributed by atoms with Gasteiger partial charge in [-0.2, -0.15) is 0 Å². The van der Waals surface area contributed by atoms with Crippen LogP contribution >= 0.6 is 0 Å². The van der Waals surface area contributed by atoms with Crippen molar-refractivity contribution in [2.75, 3.05) is 0 Å². The summed E-state index contributed by atoms with van der Waals surface area (Å²) in [6.45, 7) is 1.43. The van der Waals surface area contributed by atoms with Crippen molar-refractivity contribution in [2.24, 2.45) is 0 Å². The first kappa shape index (κ1) is 12.2. The van der Waals surface area contributed by atoms with E-state index in [4.69, 9.17) is 4.74 Å². The number of hydrogen-bond donors (Lipinski definition) is 0. The van der Waals surface area contributed by atoms with Crippen LogP contribution in [0.1, 0.15) is 6.92 Å². The summed E-state index contributed by atoms with van der Waals surface area (Å²) in [4.78, 5) is 11.0. The minimum absolute atomic E-state index is 0.266. The number of benzene rings is 2. The summed E-state index contributed by atoms with van der Waals surface area (Å²) >= 11 is -0.497. The van der Waals surface area contributed by atoms with Crippen LogP contribution in [-0.2, 0) is 4.79 Å². The van der Waals surface area contributed by atoms with Gasteiger partial charge in [-0.25, -0.2) is 0 Å². The van der Waals surface area contributed by atoms with Gasteiger partial charge in [-0.3, -0.25) is 0 Å². The average molecular weight is 340 g/mol. The Morgan fingerprint density at radius 3 is 2.35 bits per heavy atom. The molecule has 0 fully saturated rings. The molecule has 0 bridgehead atoms. The monoisotopic (exact) mass is 342 g/mol. The van der Waals surface area contributed by atoms with Crippen LogP contribution in [0.3, 0.4) is 0 Å². The molecule has 2 rings (SSSR count). The van der Waals surface area contributed by atoms with Gasteiger partial charge in [0.15, 0.2) is 0 Å². The molecule has 3 heteroatoms. The Bertz CT molecular complexity index is 509. The molecule has 0 aliphatic rings. The summed E-state index contributed by atoms with van der Waals surface area (Å²) in [5, 5.41) is 0. The van der Waals surface area contributed by atoms with E-state index in [1.54, 1.807) is 0 Å². The van der Waals surface area contributed by atoms with E-state index in [1.165, 1.54) is 10.5 Å². The van der Waals surface area contributed by atoms with Crippen LogP contribution in [0.4, 0.5) is 0 Å². The van der Waals surface area contributed by atoms with Crippen LogP contribution < -0.4 is 12.0 Å². The van der Waals surface area contributed by atoms with E-state index in [0.29, 0.717) is 5.75 Å². The maximum absolute atomic E-state index is 11.0. The summed E-state index contributed by atoms with van der Waals surface area (Å²) < 4.78 is 7.69. The molecule has 0 aliphatic heterocycles. The molecular formula is C14H12O2Te. The number of para-hydroxylation sites is 1. The number of carbonyl (C=O) groups is 1. The van der Waals surface area contributed by atoms with Gasteiger partial charge in [0.05, 0.1) is 0 Å². The van der Waals surface area contributed by atoms with Gasteiger partial charge >= 0.3 is 111 Å². The second kappa shape index (κ2) is 5.86. The molecule has 0 spiro atoms. The van der Waals surface area contributed by atoms with E-state index in [1.807, 2.05) is 42.5 Å². The van der Waals surface area contributed by atoms with Gasteiger partial charge in [0.1, 0.15) is 0 Å². The first-order chi connectivity index (χ1) is 8.25. The summed E-state index contributed by atoms with van der Waals surface area (Å²) in [5.41, 5.74) is 0. The molecule has 0 unspecified atom stereocenters. The van der Waals surface area contributed by atoms with Gasteiger partial charge in [-0.1, -0.05) is 0 Å². The summed E-state index contributed by atoms with van der Waals surface area (Å²) in [6, 6.07) is 18.1. The normalized spacial score (nSPS) is 9.94. The molecule has 0 aliphatic carbocycles. The minimum atomic E-state index is -0.497. The van der Waals surface area contributed by atoms with Gasteiger partial charge in [-0.05, 0) is 0 Å². The number of hydrogen-bond acceptors (Lipinski definition) is 2. The van der Waals surface area contributed by atoms with E-state index in [2.05, 4.69) is 12.1 Å². The number of carbonyl (C=O) groups excluding carboxylic acids is 1. The molecule has 0 radical (unpaired) electrons. The zero-order valence-corrected chi connectivity index (χ0v) is 11.8. The Balaban J connectivity index is 2.23. The molecule has 0 saturated carbocycles. The third-order valence-electron chi connectivity index (χ3n) is 2.07. The van der Waals surface area contributed by atoms with Crippen molar-refractivity contribution in [3.05, 3.63) is 54.6 Å². The van der Waals surface area contributed by atoms with E-state index < -0.39 is 20.9 Å². The van der Waals surface area contributed by atoms with Crippen molar-refractivity contribution in [3.8, 4) is 5.75 Å². The van der Waals surface area contributed by atoms with Crippen LogP contribution in [0, 0.1) is 0 Å². The fourth-order valence-electron chi connectivity index (χ4n) is 1.39. The molecule has 2 aromatic carbocycles. The molecule has 0 saturated heterocycles. The molecule has 0 N–H and O–H groups in total. The van der Waals surface area contributed by atoms with Crippen molar-refractivity contribution in [3.63, 3.8) is 0 Å². The maximum atomic E-state index is 11.0. The van der Waals surface area contributed by atoms with Crippen LogP contribution in [0.2, 0.25) is 0 Å². The van der Waals surface area contributed by atoms with E-state index >= 15 is 0 Å². The molecule has 2 nitrogen and oxygen atoms in total. The van der Waals surface area contributed by atoms with Crippen LogP contribution in [0.5, 0.6) is 5.75 Å².